The minimum Gasteiger partial charge on any atom is -0.308 e. The number of benzene rings is 2. The van der Waals surface area contributed by atoms with Crippen LogP contribution in [0.4, 0.5) is 5.82 Å². The minimum atomic E-state index is -0.219. The van der Waals surface area contributed by atoms with E-state index in [1.807, 2.05) is 43.5 Å². The monoisotopic (exact) mass is 470 g/mol. The first-order valence-electron chi connectivity index (χ1n) is 10.9. The molecule has 0 saturated heterocycles. The first-order valence-corrected chi connectivity index (χ1v) is 11.3. The summed E-state index contributed by atoms with van der Waals surface area (Å²) in [7, 11) is 0. The van der Waals surface area contributed by atoms with Crippen LogP contribution in [0.1, 0.15) is 16.8 Å². The number of nitrogens with zero attached hydrogens (tertiary/aromatic N) is 5. The van der Waals surface area contributed by atoms with Crippen LogP contribution in [0, 0.1) is 13.8 Å². The number of pyridine rings is 1. The summed E-state index contributed by atoms with van der Waals surface area (Å²) < 4.78 is 3.41. The van der Waals surface area contributed by atoms with E-state index in [-0.39, 0.29) is 12.5 Å². The fourth-order valence-electron chi connectivity index (χ4n) is 3.98. The molecule has 1 N–H and O–H groups in total. The van der Waals surface area contributed by atoms with Crippen molar-refractivity contribution in [1.82, 2.24) is 24.5 Å². The van der Waals surface area contributed by atoms with Crippen LogP contribution < -0.4 is 5.32 Å². The third kappa shape index (κ3) is 4.56. The molecule has 0 atom stereocenters. The molecule has 170 valence electrons. The van der Waals surface area contributed by atoms with Gasteiger partial charge in [0, 0.05) is 28.9 Å². The quantitative estimate of drug-likeness (QED) is 0.367. The maximum Gasteiger partial charge on any atom is 0.247 e. The van der Waals surface area contributed by atoms with Crippen molar-refractivity contribution in [1.29, 1.82) is 0 Å². The van der Waals surface area contributed by atoms with E-state index in [0.717, 1.165) is 27.8 Å². The second-order valence-electron chi connectivity index (χ2n) is 8.24. The number of aryl methyl sites for hydroxylation is 2. The molecule has 0 spiro atoms. The second kappa shape index (κ2) is 9.11. The zero-order chi connectivity index (χ0) is 23.7. The highest BCUT2D eigenvalue weighted by Crippen LogP contribution is 2.30. The Labute approximate surface area is 202 Å². The van der Waals surface area contributed by atoms with Crippen LogP contribution >= 0.6 is 11.6 Å². The second-order valence-corrected chi connectivity index (χ2v) is 8.68. The Morgan fingerprint density at radius 2 is 1.74 bits per heavy atom. The molecule has 0 saturated carbocycles. The lowest BCUT2D eigenvalue weighted by Gasteiger charge is -2.06. The lowest BCUT2D eigenvalue weighted by atomic mass is 10.0. The van der Waals surface area contributed by atoms with Crippen molar-refractivity contribution in [3.05, 3.63) is 94.9 Å². The predicted octanol–water partition coefficient (Wildman–Crippen LogP) is 5.25. The van der Waals surface area contributed by atoms with Crippen LogP contribution in [-0.2, 0) is 17.9 Å². The number of amides is 1. The zero-order valence-corrected chi connectivity index (χ0v) is 19.6. The fourth-order valence-corrected chi connectivity index (χ4v) is 4.10. The number of anilines is 1. The standard InChI is InChI=1S/C26H23ClN6O/c1-17-3-7-20(8-4-17)22-11-13-28-26-25(22)18(2)30-33(26)16-24(34)29-23-12-14-32(31-23)15-19-5-9-21(27)10-6-19/h3-14H,15-16H2,1-2H3,(H,29,31,34). The molecule has 5 rings (SSSR count). The molecule has 7 nitrogen and oxygen atoms in total. The highest BCUT2D eigenvalue weighted by atomic mass is 35.5. The van der Waals surface area contributed by atoms with Gasteiger partial charge in [-0.3, -0.25) is 9.48 Å². The highest BCUT2D eigenvalue weighted by Gasteiger charge is 2.16. The van der Waals surface area contributed by atoms with Crippen LogP contribution in [0.15, 0.2) is 73.1 Å². The van der Waals surface area contributed by atoms with Crippen LogP contribution in [0.5, 0.6) is 0 Å². The van der Waals surface area contributed by atoms with Crippen LogP contribution in [0.2, 0.25) is 5.02 Å². The lowest BCUT2D eigenvalue weighted by Crippen LogP contribution is -2.20. The van der Waals surface area contributed by atoms with Gasteiger partial charge in [0.05, 0.1) is 12.2 Å². The van der Waals surface area contributed by atoms with Crippen LogP contribution in [0.3, 0.4) is 0 Å². The maximum absolute atomic E-state index is 12.8. The van der Waals surface area contributed by atoms with Gasteiger partial charge in [-0.05, 0) is 48.7 Å². The van der Waals surface area contributed by atoms with Gasteiger partial charge in [-0.1, -0.05) is 53.6 Å². The van der Waals surface area contributed by atoms with Gasteiger partial charge in [-0.2, -0.15) is 10.2 Å². The molecule has 0 fully saturated rings. The first kappa shape index (κ1) is 21.9. The number of carbonyl (C=O) groups is 1. The van der Waals surface area contributed by atoms with Gasteiger partial charge in [-0.15, -0.1) is 0 Å². The summed E-state index contributed by atoms with van der Waals surface area (Å²) in [5, 5.41) is 13.5. The summed E-state index contributed by atoms with van der Waals surface area (Å²) >= 11 is 5.94. The van der Waals surface area contributed by atoms with E-state index >= 15 is 0 Å². The number of hydrogen-bond donors (Lipinski definition) is 1. The Hall–Kier alpha value is -3.97. The number of rotatable bonds is 6. The summed E-state index contributed by atoms with van der Waals surface area (Å²) in [4.78, 5) is 17.3. The normalized spacial score (nSPS) is 11.1. The molecule has 34 heavy (non-hydrogen) atoms. The van der Waals surface area contributed by atoms with Gasteiger partial charge in [0.25, 0.3) is 0 Å². The van der Waals surface area contributed by atoms with E-state index < -0.39 is 0 Å². The Morgan fingerprint density at radius 1 is 0.971 bits per heavy atom. The SMILES string of the molecule is Cc1ccc(-c2ccnc3c2c(C)nn3CC(=O)Nc2ccn(Cc3ccc(Cl)cc3)n2)cc1. The van der Waals surface area contributed by atoms with Crippen molar-refractivity contribution >= 4 is 34.4 Å². The summed E-state index contributed by atoms with van der Waals surface area (Å²) in [6, 6.07) is 19.7. The smallest absolute Gasteiger partial charge is 0.247 e. The van der Waals surface area contributed by atoms with Crippen molar-refractivity contribution in [2.45, 2.75) is 26.9 Å². The molecular formula is C26H23ClN6O. The molecule has 5 aromatic rings. The predicted molar refractivity (Wildman–Crippen MR) is 134 cm³/mol. The van der Waals surface area contributed by atoms with Gasteiger partial charge in [-0.25, -0.2) is 9.67 Å². The number of hydrogen-bond acceptors (Lipinski definition) is 4. The Kier molecular flexibility index (Phi) is 5.86. The zero-order valence-electron chi connectivity index (χ0n) is 18.9. The summed E-state index contributed by atoms with van der Waals surface area (Å²) in [6.45, 7) is 4.63. The van der Waals surface area contributed by atoms with Gasteiger partial charge < -0.3 is 5.32 Å². The van der Waals surface area contributed by atoms with Crippen molar-refractivity contribution in [2.24, 2.45) is 0 Å². The van der Waals surface area contributed by atoms with E-state index in [1.165, 1.54) is 5.56 Å². The summed E-state index contributed by atoms with van der Waals surface area (Å²) in [5.74, 6) is 0.268. The van der Waals surface area contributed by atoms with Gasteiger partial charge >= 0.3 is 0 Å². The molecular weight excluding hydrogens is 448 g/mol. The van der Waals surface area contributed by atoms with Crippen molar-refractivity contribution in [3.63, 3.8) is 0 Å². The minimum absolute atomic E-state index is 0.0404. The number of halogens is 1. The van der Waals surface area contributed by atoms with Gasteiger partial charge in [0.15, 0.2) is 11.5 Å². The largest absolute Gasteiger partial charge is 0.308 e. The molecule has 2 aromatic carbocycles. The molecule has 1 amide bonds. The fraction of sp³-hybridized carbons (Fsp3) is 0.154. The Morgan fingerprint density at radius 3 is 2.50 bits per heavy atom. The Balaban J connectivity index is 1.32. The van der Waals surface area contributed by atoms with E-state index in [2.05, 4.69) is 51.7 Å². The number of carbonyl (C=O) groups excluding carboxylic acids is 1. The average molecular weight is 471 g/mol. The van der Waals surface area contributed by atoms with Crippen molar-refractivity contribution < 1.29 is 4.79 Å². The first-order chi connectivity index (χ1) is 16.5. The molecule has 0 aliphatic rings. The third-order valence-corrected chi connectivity index (χ3v) is 5.88. The molecule has 0 unspecified atom stereocenters. The van der Waals surface area contributed by atoms with E-state index in [4.69, 9.17) is 11.6 Å². The molecule has 3 aromatic heterocycles. The van der Waals surface area contributed by atoms with Crippen LogP contribution in [0.25, 0.3) is 22.2 Å². The molecule has 0 aliphatic heterocycles. The molecule has 8 heteroatoms. The summed E-state index contributed by atoms with van der Waals surface area (Å²) in [6.07, 6.45) is 3.58. The van der Waals surface area contributed by atoms with E-state index in [0.29, 0.717) is 23.0 Å². The van der Waals surface area contributed by atoms with Gasteiger partial charge in [0.2, 0.25) is 5.91 Å². The maximum atomic E-state index is 12.8. The number of fused-ring (bicyclic) bond motifs is 1. The molecule has 0 bridgehead atoms. The molecule has 0 aliphatic carbocycles. The average Bonchev–Trinajstić information content (AvgIpc) is 3.39. The van der Waals surface area contributed by atoms with E-state index in [1.54, 1.807) is 21.6 Å². The number of nitrogens with one attached hydrogen (secondary N) is 1. The van der Waals surface area contributed by atoms with Gasteiger partial charge in [0.1, 0.15) is 6.54 Å². The van der Waals surface area contributed by atoms with Crippen LogP contribution in [-0.4, -0.2) is 30.5 Å². The number of aromatic nitrogens is 5. The van der Waals surface area contributed by atoms with Crippen molar-refractivity contribution in [2.75, 3.05) is 5.32 Å². The summed E-state index contributed by atoms with van der Waals surface area (Å²) in [5.41, 5.74) is 5.93. The molecule has 0 radical (unpaired) electrons. The lowest BCUT2D eigenvalue weighted by molar-refractivity contribution is -0.116. The highest BCUT2D eigenvalue weighted by molar-refractivity contribution is 6.30. The Bertz CT molecular complexity index is 1470. The van der Waals surface area contributed by atoms with Crippen molar-refractivity contribution in [3.8, 4) is 11.1 Å². The third-order valence-electron chi connectivity index (χ3n) is 5.63. The molecule has 3 heterocycles. The topological polar surface area (TPSA) is 77.6 Å². The van der Waals surface area contributed by atoms with E-state index in [9.17, 15) is 4.79 Å².